The van der Waals surface area contributed by atoms with Gasteiger partial charge >= 0.3 is 5.97 Å². The van der Waals surface area contributed by atoms with Crippen LogP contribution in [0, 0.1) is 10.1 Å². The van der Waals surface area contributed by atoms with Crippen molar-refractivity contribution in [2.24, 2.45) is 0 Å². The molecule has 0 heterocycles. The summed E-state index contributed by atoms with van der Waals surface area (Å²) < 4.78 is 10.00. The molecule has 152 valence electrons. The SMILES string of the molecule is COc1ccc(NC(=O)C(C)OC(=O)CNC(=O)c2cccc([N+](=O)[O-])c2)cc1. The van der Waals surface area contributed by atoms with E-state index in [1.54, 1.807) is 24.3 Å². The summed E-state index contributed by atoms with van der Waals surface area (Å²) in [4.78, 5) is 46.1. The Morgan fingerprint density at radius 2 is 1.83 bits per heavy atom. The Balaban J connectivity index is 1.83. The third kappa shape index (κ3) is 6.31. The summed E-state index contributed by atoms with van der Waals surface area (Å²) in [5.74, 6) is -1.43. The summed E-state index contributed by atoms with van der Waals surface area (Å²) in [7, 11) is 1.52. The van der Waals surface area contributed by atoms with Crippen molar-refractivity contribution in [1.82, 2.24) is 5.32 Å². The van der Waals surface area contributed by atoms with Crippen LogP contribution in [0.15, 0.2) is 48.5 Å². The minimum atomic E-state index is -1.10. The highest BCUT2D eigenvalue weighted by atomic mass is 16.6. The summed E-state index contributed by atoms with van der Waals surface area (Å²) >= 11 is 0. The van der Waals surface area contributed by atoms with Crippen LogP contribution in [-0.4, -0.2) is 42.5 Å². The molecule has 0 saturated heterocycles. The first kappa shape index (κ1) is 21.4. The van der Waals surface area contributed by atoms with Gasteiger partial charge in [-0.2, -0.15) is 0 Å². The van der Waals surface area contributed by atoms with Crippen LogP contribution in [0.2, 0.25) is 0 Å². The Morgan fingerprint density at radius 1 is 1.14 bits per heavy atom. The number of hydrogen-bond donors (Lipinski definition) is 2. The molecule has 0 aromatic heterocycles. The molecule has 2 aromatic rings. The number of nitrogens with zero attached hydrogens (tertiary/aromatic N) is 1. The van der Waals surface area contributed by atoms with E-state index in [0.29, 0.717) is 11.4 Å². The first-order chi connectivity index (χ1) is 13.8. The molecule has 0 aliphatic heterocycles. The quantitative estimate of drug-likeness (QED) is 0.391. The number of carbonyl (C=O) groups excluding carboxylic acids is 3. The fourth-order valence-corrected chi connectivity index (χ4v) is 2.23. The number of esters is 1. The largest absolute Gasteiger partial charge is 0.497 e. The molecule has 10 nitrogen and oxygen atoms in total. The number of carbonyl (C=O) groups is 3. The van der Waals surface area contributed by atoms with E-state index in [1.807, 2.05) is 0 Å². The Bertz CT molecular complexity index is 912. The van der Waals surface area contributed by atoms with Gasteiger partial charge in [0.05, 0.1) is 12.0 Å². The number of non-ortho nitro benzene ring substituents is 1. The Morgan fingerprint density at radius 3 is 2.45 bits per heavy atom. The van der Waals surface area contributed by atoms with Gasteiger partial charge in [-0.3, -0.25) is 24.5 Å². The highest BCUT2D eigenvalue weighted by Gasteiger charge is 2.19. The van der Waals surface area contributed by atoms with Crippen LogP contribution in [0.1, 0.15) is 17.3 Å². The first-order valence-corrected chi connectivity index (χ1v) is 8.47. The van der Waals surface area contributed by atoms with Crippen molar-refractivity contribution >= 4 is 29.2 Å². The van der Waals surface area contributed by atoms with Crippen molar-refractivity contribution in [3.8, 4) is 5.75 Å². The molecule has 2 amide bonds. The predicted molar refractivity (Wildman–Crippen MR) is 103 cm³/mol. The highest BCUT2D eigenvalue weighted by Crippen LogP contribution is 2.15. The molecule has 0 saturated carbocycles. The van der Waals surface area contributed by atoms with Gasteiger partial charge in [-0.05, 0) is 37.3 Å². The van der Waals surface area contributed by atoms with Gasteiger partial charge in [-0.15, -0.1) is 0 Å². The second-order valence-electron chi connectivity index (χ2n) is 5.84. The van der Waals surface area contributed by atoms with E-state index >= 15 is 0 Å². The van der Waals surface area contributed by atoms with E-state index in [9.17, 15) is 24.5 Å². The number of ether oxygens (including phenoxy) is 2. The number of hydrogen-bond acceptors (Lipinski definition) is 7. The standard InChI is InChI=1S/C19H19N3O7/c1-12(18(24)21-14-6-8-16(28-2)9-7-14)29-17(23)11-20-19(25)13-4-3-5-15(10-13)22(26)27/h3-10,12H,11H2,1-2H3,(H,20,25)(H,21,24). The smallest absolute Gasteiger partial charge is 0.326 e. The van der Waals surface area contributed by atoms with E-state index in [2.05, 4.69) is 10.6 Å². The number of nitrogens with one attached hydrogen (secondary N) is 2. The zero-order valence-corrected chi connectivity index (χ0v) is 15.7. The molecule has 0 spiro atoms. The fraction of sp³-hybridized carbons (Fsp3) is 0.211. The molecule has 2 aromatic carbocycles. The topological polar surface area (TPSA) is 137 Å². The maximum atomic E-state index is 12.1. The zero-order chi connectivity index (χ0) is 21.4. The third-order valence-corrected chi connectivity index (χ3v) is 3.75. The number of rotatable bonds is 8. The molecule has 0 aliphatic carbocycles. The van der Waals surface area contributed by atoms with Crippen molar-refractivity contribution in [3.63, 3.8) is 0 Å². The maximum absolute atomic E-state index is 12.1. The molecular formula is C19H19N3O7. The van der Waals surface area contributed by atoms with Crippen molar-refractivity contribution < 1.29 is 28.8 Å². The molecule has 0 bridgehead atoms. The minimum Gasteiger partial charge on any atom is -0.497 e. The number of methoxy groups -OCH3 is 1. The van der Waals surface area contributed by atoms with Crippen LogP contribution in [0.3, 0.4) is 0 Å². The summed E-state index contributed by atoms with van der Waals surface area (Å²) in [6, 6.07) is 11.6. The highest BCUT2D eigenvalue weighted by molar-refractivity contribution is 5.97. The molecule has 0 aliphatic rings. The van der Waals surface area contributed by atoms with Crippen LogP contribution in [0.5, 0.6) is 5.75 Å². The van der Waals surface area contributed by atoms with Crippen LogP contribution in [0.4, 0.5) is 11.4 Å². The van der Waals surface area contributed by atoms with Crippen LogP contribution in [0.25, 0.3) is 0 Å². The van der Waals surface area contributed by atoms with Crippen molar-refractivity contribution in [2.75, 3.05) is 19.0 Å². The van der Waals surface area contributed by atoms with Crippen molar-refractivity contribution in [3.05, 3.63) is 64.2 Å². The van der Waals surface area contributed by atoms with Gasteiger partial charge in [0.1, 0.15) is 12.3 Å². The molecule has 0 radical (unpaired) electrons. The van der Waals surface area contributed by atoms with Gasteiger partial charge in [0, 0.05) is 23.4 Å². The molecule has 1 atom stereocenters. The molecule has 29 heavy (non-hydrogen) atoms. The molecule has 1 unspecified atom stereocenters. The first-order valence-electron chi connectivity index (χ1n) is 8.47. The summed E-state index contributed by atoms with van der Waals surface area (Å²) in [5, 5.41) is 15.6. The number of nitro benzene ring substituents is 1. The molecule has 10 heteroatoms. The number of benzene rings is 2. The Hall–Kier alpha value is -3.95. The average molecular weight is 401 g/mol. The van der Waals surface area contributed by atoms with Crippen LogP contribution >= 0.6 is 0 Å². The number of amides is 2. The van der Waals surface area contributed by atoms with Gasteiger partial charge in [-0.1, -0.05) is 6.07 Å². The van der Waals surface area contributed by atoms with E-state index < -0.39 is 35.4 Å². The zero-order valence-electron chi connectivity index (χ0n) is 15.7. The van der Waals surface area contributed by atoms with Gasteiger partial charge < -0.3 is 20.1 Å². The summed E-state index contributed by atoms with van der Waals surface area (Å²) in [5.41, 5.74) is 0.277. The lowest BCUT2D eigenvalue weighted by Crippen LogP contribution is -2.35. The van der Waals surface area contributed by atoms with E-state index in [0.717, 1.165) is 6.07 Å². The van der Waals surface area contributed by atoms with E-state index in [-0.39, 0.29) is 11.3 Å². The van der Waals surface area contributed by atoms with Crippen LogP contribution < -0.4 is 15.4 Å². The second kappa shape index (κ2) is 9.83. The van der Waals surface area contributed by atoms with Gasteiger partial charge in [0.15, 0.2) is 6.10 Å². The normalized spacial score (nSPS) is 11.1. The van der Waals surface area contributed by atoms with Gasteiger partial charge in [0.25, 0.3) is 17.5 Å². The van der Waals surface area contributed by atoms with E-state index in [4.69, 9.17) is 9.47 Å². The summed E-state index contributed by atoms with van der Waals surface area (Å²) in [6.07, 6.45) is -1.10. The second-order valence-corrected chi connectivity index (χ2v) is 5.84. The Labute approximate surface area is 166 Å². The average Bonchev–Trinajstić information content (AvgIpc) is 2.72. The predicted octanol–water partition coefficient (Wildman–Crippen LogP) is 1.90. The lowest BCUT2D eigenvalue weighted by atomic mass is 10.2. The summed E-state index contributed by atoms with van der Waals surface area (Å²) in [6.45, 7) is 0.890. The molecule has 2 rings (SSSR count). The number of nitro groups is 1. The monoisotopic (exact) mass is 401 g/mol. The molecule has 0 fully saturated rings. The minimum absolute atomic E-state index is 0.0253. The third-order valence-electron chi connectivity index (χ3n) is 3.75. The van der Waals surface area contributed by atoms with Crippen molar-refractivity contribution in [2.45, 2.75) is 13.0 Å². The Kier molecular flexibility index (Phi) is 7.24. The van der Waals surface area contributed by atoms with E-state index in [1.165, 1.54) is 32.2 Å². The maximum Gasteiger partial charge on any atom is 0.326 e. The number of anilines is 1. The van der Waals surface area contributed by atoms with Crippen LogP contribution in [-0.2, 0) is 14.3 Å². The lowest BCUT2D eigenvalue weighted by Gasteiger charge is -2.14. The lowest BCUT2D eigenvalue weighted by molar-refractivity contribution is -0.384. The van der Waals surface area contributed by atoms with Gasteiger partial charge in [-0.25, -0.2) is 0 Å². The molecule has 2 N–H and O–H groups in total. The van der Waals surface area contributed by atoms with Gasteiger partial charge in [0.2, 0.25) is 0 Å². The van der Waals surface area contributed by atoms with Crippen molar-refractivity contribution in [1.29, 1.82) is 0 Å². The molecular weight excluding hydrogens is 382 g/mol. The fourth-order valence-electron chi connectivity index (χ4n) is 2.23.